The number of carbonyl (C=O) groups excluding carboxylic acids is 1. The molecule has 0 aromatic heterocycles. The number of hydrogen-bond acceptors (Lipinski definition) is 4. The summed E-state index contributed by atoms with van der Waals surface area (Å²) < 4.78 is 13.8. The number of fused-ring (bicyclic) bond motifs is 1. The first kappa shape index (κ1) is 18.2. The van der Waals surface area contributed by atoms with Crippen LogP contribution in [-0.2, 0) is 11.2 Å². The van der Waals surface area contributed by atoms with Gasteiger partial charge in [-0.2, -0.15) is 5.26 Å². The average Bonchev–Trinajstić information content (AvgIpc) is 2.99. The van der Waals surface area contributed by atoms with Crippen molar-refractivity contribution in [2.45, 2.75) is 18.9 Å². The van der Waals surface area contributed by atoms with Crippen molar-refractivity contribution < 1.29 is 14.3 Å². The highest BCUT2D eigenvalue weighted by Crippen LogP contribution is 2.31. The van der Waals surface area contributed by atoms with Crippen molar-refractivity contribution in [3.63, 3.8) is 0 Å². The molecule has 5 nitrogen and oxygen atoms in total. The normalized spacial score (nSPS) is 15.1. The zero-order valence-corrected chi connectivity index (χ0v) is 14.8. The Morgan fingerprint density at radius 3 is 2.92 bits per heavy atom. The fourth-order valence-electron chi connectivity index (χ4n) is 3.02. The minimum atomic E-state index is -1.70. The molecule has 7 heteroatoms. The summed E-state index contributed by atoms with van der Waals surface area (Å²) in [5.41, 5.74) is 0.273. The van der Waals surface area contributed by atoms with E-state index in [4.69, 9.17) is 16.9 Å². The number of aliphatic hydroxyl groups is 1. The minimum absolute atomic E-state index is 0.0271. The van der Waals surface area contributed by atoms with Gasteiger partial charge in [0.05, 0.1) is 17.1 Å². The molecule has 134 valence electrons. The summed E-state index contributed by atoms with van der Waals surface area (Å²) in [6.45, 7) is 1.96. The van der Waals surface area contributed by atoms with Gasteiger partial charge in [0, 0.05) is 23.5 Å². The van der Waals surface area contributed by atoms with E-state index in [0.717, 1.165) is 0 Å². The van der Waals surface area contributed by atoms with Crippen LogP contribution in [0.2, 0.25) is 5.02 Å². The van der Waals surface area contributed by atoms with E-state index in [1.54, 1.807) is 23.1 Å². The maximum atomic E-state index is 13.8. The highest BCUT2D eigenvalue weighted by molar-refractivity contribution is 6.32. The standard InChI is InChI=1S/C19H17ClFN3O2/c1-19(26,11-24-8-7-14-16(21)3-2-4-17(14)24)18(25)23-13-6-5-12(10-22)15(20)9-13/h2-6,9,26H,7-8,11H2,1H3,(H,23,25). The topological polar surface area (TPSA) is 76.4 Å². The summed E-state index contributed by atoms with van der Waals surface area (Å²) in [6, 6.07) is 11.2. The van der Waals surface area contributed by atoms with Gasteiger partial charge < -0.3 is 15.3 Å². The molecule has 2 N–H and O–H groups in total. The van der Waals surface area contributed by atoms with E-state index in [1.807, 2.05) is 6.07 Å². The molecule has 0 saturated carbocycles. The van der Waals surface area contributed by atoms with E-state index >= 15 is 0 Å². The largest absolute Gasteiger partial charge is 0.378 e. The molecule has 3 rings (SSSR count). The summed E-state index contributed by atoms with van der Waals surface area (Å²) in [6.07, 6.45) is 0.533. The zero-order valence-electron chi connectivity index (χ0n) is 14.1. The molecule has 1 atom stereocenters. The fraction of sp³-hybridized carbons (Fsp3) is 0.263. The molecule has 0 fully saturated rings. The third kappa shape index (κ3) is 3.50. The number of halogens is 2. The SMILES string of the molecule is CC(O)(CN1CCc2c(F)cccc21)C(=O)Nc1ccc(C#N)c(Cl)c1. The van der Waals surface area contributed by atoms with E-state index in [2.05, 4.69) is 5.32 Å². The summed E-state index contributed by atoms with van der Waals surface area (Å²) in [7, 11) is 0. The number of hydrogen-bond donors (Lipinski definition) is 2. The number of benzene rings is 2. The molecule has 1 aliphatic heterocycles. The van der Waals surface area contributed by atoms with Gasteiger partial charge in [0.1, 0.15) is 11.9 Å². The first-order valence-electron chi connectivity index (χ1n) is 8.07. The van der Waals surface area contributed by atoms with Crippen LogP contribution in [0, 0.1) is 17.1 Å². The number of anilines is 2. The Kier molecular flexibility index (Phi) is 4.86. The van der Waals surface area contributed by atoms with Gasteiger partial charge >= 0.3 is 0 Å². The van der Waals surface area contributed by atoms with Crippen molar-refractivity contribution in [1.82, 2.24) is 0 Å². The summed E-state index contributed by atoms with van der Waals surface area (Å²) in [4.78, 5) is 14.3. The number of nitrogens with zero attached hydrogens (tertiary/aromatic N) is 2. The predicted molar refractivity (Wildman–Crippen MR) is 97.7 cm³/mol. The van der Waals surface area contributed by atoms with Crippen LogP contribution in [0.1, 0.15) is 18.1 Å². The van der Waals surface area contributed by atoms with Crippen molar-refractivity contribution in [1.29, 1.82) is 5.26 Å². The first-order valence-corrected chi connectivity index (χ1v) is 8.45. The van der Waals surface area contributed by atoms with Crippen LogP contribution in [0.25, 0.3) is 0 Å². The Hall–Kier alpha value is -2.62. The smallest absolute Gasteiger partial charge is 0.257 e. The van der Waals surface area contributed by atoms with E-state index < -0.39 is 11.5 Å². The molecule has 0 spiro atoms. The molecule has 1 amide bonds. The van der Waals surface area contributed by atoms with Gasteiger partial charge in [-0.3, -0.25) is 4.79 Å². The van der Waals surface area contributed by atoms with Crippen LogP contribution in [0.3, 0.4) is 0 Å². The lowest BCUT2D eigenvalue weighted by Crippen LogP contribution is -2.49. The van der Waals surface area contributed by atoms with E-state index in [1.165, 1.54) is 25.1 Å². The summed E-state index contributed by atoms with van der Waals surface area (Å²) in [5.74, 6) is -0.885. The van der Waals surface area contributed by atoms with Crippen LogP contribution in [0.5, 0.6) is 0 Å². The quantitative estimate of drug-likeness (QED) is 0.863. The lowest BCUT2D eigenvalue weighted by atomic mass is 10.0. The molecule has 0 bridgehead atoms. The molecule has 0 radical (unpaired) electrons. The predicted octanol–water partition coefficient (Wildman–Crippen LogP) is 3.10. The van der Waals surface area contributed by atoms with Crippen molar-refractivity contribution in [2.24, 2.45) is 0 Å². The molecule has 1 heterocycles. The second kappa shape index (κ2) is 6.94. The maximum Gasteiger partial charge on any atom is 0.257 e. The van der Waals surface area contributed by atoms with Crippen molar-refractivity contribution in [3.8, 4) is 6.07 Å². The second-order valence-electron chi connectivity index (χ2n) is 6.44. The van der Waals surface area contributed by atoms with Gasteiger partial charge in [0.25, 0.3) is 5.91 Å². The van der Waals surface area contributed by atoms with Gasteiger partial charge in [-0.1, -0.05) is 17.7 Å². The molecule has 2 aromatic carbocycles. The second-order valence-corrected chi connectivity index (χ2v) is 6.85. The molecule has 1 unspecified atom stereocenters. The molecule has 26 heavy (non-hydrogen) atoms. The number of nitriles is 1. The number of amides is 1. The van der Waals surface area contributed by atoms with Crippen LogP contribution in [-0.4, -0.2) is 29.7 Å². The van der Waals surface area contributed by atoms with E-state index in [0.29, 0.717) is 35.5 Å². The Bertz CT molecular complexity index is 908. The Labute approximate surface area is 155 Å². The fourth-order valence-corrected chi connectivity index (χ4v) is 3.24. The van der Waals surface area contributed by atoms with Crippen LogP contribution in [0.4, 0.5) is 15.8 Å². The molecular weight excluding hydrogens is 357 g/mol. The molecular formula is C19H17ClFN3O2. The third-order valence-electron chi connectivity index (χ3n) is 4.40. The van der Waals surface area contributed by atoms with E-state index in [-0.39, 0.29) is 17.4 Å². The van der Waals surface area contributed by atoms with Gasteiger partial charge in [-0.15, -0.1) is 0 Å². The van der Waals surface area contributed by atoms with Crippen LogP contribution < -0.4 is 10.2 Å². The molecule has 0 aliphatic carbocycles. The van der Waals surface area contributed by atoms with Crippen molar-refractivity contribution in [3.05, 3.63) is 58.4 Å². The first-order chi connectivity index (χ1) is 12.3. The molecule has 2 aromatic rings. The van der Waals surface area contributed by atoms with Gasteiger partial charge in [0.15, 0.2) is 5.60 Å². The minimum Gasteiger partial charge on any atom is -0.378 e. The van der Waals surface area contributed by atoms with E-state index in [9.17, 15) is 14.3 Å². The van der Waals surface area contributed by atoms with Crippen LogP contribution >= 0.6 is 11.6 Å². The van der Waals surface area contributed by atoms with Crippen molar-refractivity contribution in [2.75, 3.05) is 23.3 Å². The maximum absolute atomic E-state index is 13.8. The monoisotopic (exact) mass is 373 g/mol. The lowest BCUT2D eigenvalue weighted by molar-refractivity contribution is -0.131. The van der Waals surface area contributed by atoms with Crippen molar-refractivity contribution >= 4 is 28.9 Å². The van der Waals surface area contributed by atoms with Gasteiger partial charge in [0.2, 0.25) is 0 Å². The summed E-state index contributed by atoms with van der Waals surface area (Å²) >= 11 is 5.96. The third-order valence-corrected chi connectivity index (χ3v) is 4.71. The van der Waals surface area contributed by atoms with Gasteiger partial charge in [-0.05, 0) is 43.7 Å². The van der Waals surface area contributed by atoms with Crippen LogP contribution in [0.15, 0.2) is 36.4 Å². The van der Waals surface area contributed by atoms with Gasteiger partial charge in [-0.25, -0.2) is 4.39 Å². The Morgan fingerprint density at radius 1 is 1.46 bits per heavy atom. The lowest BCUT2D eigenvalue weighted by Gasteiger charge is -2.29. The Morgan fingerprint density at radius 2 is 2.23 bits per heavy atom. The number of rotatable bonds is 4. The number of β-amino-alcohol motifs (C(OH)–C–C–N with tert-alkyl or cyclic N) is 1. The Balaban J connectivity index is 1.73. The molecule has 0 saturated heterocycles. The highest BCUT2D eigenvalue weighted by atomic mass is 35.5. The number of carbonyl (C=O) groups is 1. The zero-order chi connectivity index (χ0) is 18.9. The summed E-state index contributed by atoms with van der Waals surface area (Å²) in [5, 5.41) is 22.3. The molecule has 1 aliphatic rings. The highest BCUT2D eigenvalue weighted by Gasteiger charge is 2.35. The average molecular weight is 374 g/mol. The number of nitrogens with one attached hydrogen (secondary N) is 1.